The van der Waals surface area contributed by atoms with E-state index in [9.17, 15) is 14.0 Å². The fourth-order valence-corrected chi connectivity index (χ4v) is 2.82. The van der Waals surface area contributed by atoms with Crippen LogP contribution in [0.4, 0.5) is 4.39 Å². The van der Waals surface area contributed by atoms with E-state index in [4.69, 9.17) is 16.3 Å². The molecule has 0 aliphatic rings. The third-order valence-corrected chi connectivity index (χ3v) is 4.70. The number of carbonyl (C=O) groups excluding carboxylic acids is 2. The fraction of sp³-hybridized carbons (Fsp3) is 0.364. The van der Waals surface area contributed by atoms with Gasteiger partial charge in [0.15, 0.2) is 18.2 Å². The minimum Gasteiger partial charge on any atom is -0.481 e. The maximum atomic E-state index is 13.8. The quantitative estimate of drug-likeness (QED) is 0.586. The number of unbranched alkanes of at least 4 members (excludes halogenated alkanes) is 1. The number of rotatable bonds is 10. The highest BCUT2D eigenvalue weighted by Crippen LogP contribution is 2.17. The zero-order valence-electron chi connectivity index (χ0n) is 16.7. The molecule has 5 nitrogen and oxygen atoms in total. The van der Waals surface area contributed by atoms with Crippen LogP contribution in [-0.2, 0) is 16.1 Å². The number of benzene rings is 2. The molecular weight excluding hydrogens is 395 g/mol. The van der Waals surface area contributed by atoms with Gasteiger partial charge in [-0.25, -0.2) is 4.39 Å². The number of ether oxygens (including phenoxy) is 1. The molecule has 2 rings (SSSR count). The second-order valence-corrected chi connectivity index (χ2v) is 7.12. The average Bonchev–Trinajstić information content (AvgIpc) is 2.72. The third kappa shape index (κ3) is 7.06. The minimum absolute atomic E-state index is 0.00709. The molecule has 0 aliphatic heterocycles. The zero-order chi connectivity index (χ0) is 21.2. The van der Waals surface area contributed by atoms with Crippen LogP contribution in [0.15, 0.2) is 48.5 Å². The molecule has 0 radical (unpaired) electrons. The van der Waals surface area contributed by atoms with Gasteiger partial charge >= 0.3 is 0 Å². The van der Waals surface area contributed by atoms with Gasteiger partial charge in [0.05, 0.1) is 0 Å². The Hall–Kier alpha value is -2.60. The monoisotopic (exact) mass is 420 g/mol. The van der Waals surface area contributed by atoms with Gasteiger partial charge in [0.2, 0.25) is 5.91 Å². The van der Waals surface area contributed by atoms with Gasteiger partial charge in [-0.15, -0.1) is 0 Å². The summed E-state index contributed by atoms with van der Waals surface area (Å²) in [5.74, 6) is -1.21. The number of hydrogen-bond donors (Lipinski definition) is 1. The molecule has 2 aromatic rings. The van der Waals surface area contributed by atoms with Crippen LogP contribution in [0, 0.1) is 5.82 Å². The SMILES string of the molecule is CCCCNC(=O)[C@@H](C)N(Cc1ccc(Cl)cc1)C(=O)COc1ccccc1F. The van der Waals surface area contributed by atoms with Crippen LogP contribution in [0.2, 0.25) is 5.02 Å². The van der Waals surface area contributed by atoms with Crippen LogP contribution in [0.25, 0.3) is 0 Å². The van der Waals surface area contributed by atoms with Crippen molar-refractivity contribution in [1.82, 2.24) is 10.2 Å². The summed E-state index contributed by atoms with van der Waals surface area (Å²) in [6.45, 7) is 4.08. The average molecular weight is 421 g/mol. The Morgan fingerprint density at radius 2 is 1.86 bits per heavy atom. The van der Waals surface area contributed by atoms with E-state index in [-0.39, 0.29) is 24.8 Å². The summed E-state index contributed by atoms with van der Waals surface area (Å²) in [7, 11) is 0. The first-order valence-corrected chi connectivity index (χ1v) is 9.99. The molecule has 1 atom stereocenters. The van der Waals surface area contributed by atoms with Crippen LogP contribution >= 0.6 is 11.6 Å². The van der Waals surface area contributed by atoms with E-state index >= 15 is 0 Å². The van der Waals surface area contributed by atoms with Crippen LogP contribution in [0.3, 0.4) is 0 Å². The van der Waals surface area contributed by atoms with Crippen molar-refractivity contribution in [3.05, 3.63) is 64.9 Å². The number of para-hydroxylation sites is 1. The van der Waals surface area contributed by atoms with E-state index in [1.807, 2.05) is 6.92 Å². The number of halogens is 2. The van der Waals surface area contributed by atoms with E-state index in [1.165, 1.54) is 17.0 Å². The van der Waals surface area contributed by atoms with Crippen molar-refractivity contribution in [1.29, 1.82) is 0 Å². The second-order valence-electron chi connectivity index (χ2n) is 6.69. The number of nitrogens with zero attached hydrogens (tertiary/aromatic N) is 1. The highest BCUT2D eigenvalue weighted by molar-refractivity contribution is 6.30. The highest BCUT2D eigenvalue weighted by Gasteiger charge is 2.26. The Labute approximate surface area is 175 Å². The van der Waals surface area contributed by atoms with E-state index in [0.29, 0.717) is 11.6 Å². The summed E-state index contributed by atoms with van der Waals surface area (Å²) in [5.41, 5.74) is 0.821. The van der Waals surface area contributed by atoms with Crippen molar-refractivity contribution >= 4 is 23.4 Å². The van der Waals surface area contributed by atoms with E-state index in [0.717, 1.165) is 18.4 Å². The number of nitrogens with one attached hydrogen (secondary N) is 1. The van der Waals surface area contributed by atoms with Crippen molar-refractivity contribution in [2.24, 2.45) is 0 Å². The lowest BCUT2D eigenvalue weighted by Crippen LogP contribution is -2.49. The molecule has 0 aromatic heterocycles. The Morgan fingerprint density at radius 1 is 1.17 bits per heavy atom. The molecule has 1 N–H and O–H groups in total. The summed E-state index contributed by atoms with van der Waals surface area (Å²) >= 11 is 5.93. The molecule has 0 aliphatic carbocycles. The molecule has 2 aromatic carbocycles. The molecule has 0 spiro atoms. The van der Waals surface area contributed by atoms with Crippen molar-refractivity contribution in [3.63, 3.8) is 0 Å². The smallest absolute Gasteiger partial charge is 0.261 e. The molecule has 7 heteroatoms. The lowest BCUT2D eigenvalue weighted by molar-refractivity contribution is -0.142. The Balaban J connectivity index is 2.11. The first-order valence-electron chi connectivity index (χ1n) is 9.61. The van der Waals surface area contributed by atoms with Crippen LogP contribution in [-0.4, -0.2) is 35.9 Å². The molecule has 0 fully saturated rings. The fourth-order valence-electron chi connectivity index (χ4n) is 2.69. The second kappa shape index (κ2) is 11.4. The predicted molar refractivity (Wildman–Crippen MR) is 111 cm³/mol. The number of carbonyl (C=O) groups is 2. The summed E-state index contributed by atoms with van der Waals surface area (Å²) in [5, 5.41) is 3.42. The lowest BCUT2D eigenvalue weighted by Gasteiger charge is -2.28. The van der Waals surface area contributed by atoms with Gasteiger partial charge in [-0.1, -0.05) is 49.2 Å². The molecule has 0 saturated heterocycles. The Bertz CT molecular complexity index is 814. The van der Waals surface area contributed by atoms with Gasteiger partial charge in [0, 0.05) is 18.1 Å². The topological polar surface area (TPSA) is 58.6 Å². The summed E-state index contributed by atoms with van der Waals surface area (Å²) in [6, 6.07) is 12.2. The molecule has 2 amide bonds. The minimum atomic E-state index is -0.709. The maximum absolute atomic E-state index is 13.8. The Kier molecular flexibility index (Phi) is 8.93. The van der Waals surface area contributed by atoms with E-state index < -0.39 is 17.8 Å². The number of amides is 2. The zero-order valence-corrected chi connectivity index (χ0v) is 17.4. The number of hydrogen-bond acceptors (Lipinski definition) is 3. The van der Waals surface area contributed by atoms with Crippen LogP contribution < -0.4 is 10.1 Å². The van der Waals surface area contributed by atoms with Gasteiger partial charge < -0.3 is 15.0 Å². The molecule has 0 heterocycles. The van der Waals surface area contributed by atoms with Gasteiger partial charge in [0.1, 0.15) is 6.04 Å². The summed E-state index contributed by atoms with van der Waals surface area (Å²) in [4.78, 5) is 26.8. The van der Waals surface area contributed by atoms with Crippen molar-refractivity contribution in [3.8, 4) is 5.75 Å². The third-order valence-electron chi connectivity index (χ3n) is 4.45. The molecule has 0 unspecified atom stereocenters. The van der Waals surface area contributed by atoms with Gasteiger partial charge in [-0.3, -0.25) is 9.59 Å². The van der Waals surface area contributed by atoms with E-state index in [1.54, 1.807) is 43.3 Å². The normalized spacial score (nSPS) is 11.6. The van der Waals surface area contributed by atoms with Crippen LogP contribution in [0.5, 0.6) is 5.75 Å². The van der Waals surface area contributed by atoms with Gasteiger partial charge in [-0.05, 0) is 43.2 Å². The molecule has 29 heavy (non-hydrogen) atoms. The largest absolute Gasteiger partial charge is 0.481 e. The highest BCUT2D eigenvalue weighted by atomic mass is 35.5. The molecule has 156 valence electrons. The first-order chi connectivity index (χ1) is 13.9. The Morgan fingerprint density at radius 3 is 2.52 bits per heavy atom. The molecule has 0 saturated carbocycles. The van der Waals surface area contributed by atoms with Crippen molar-refractivity contribution in [2.75, 3.05) is 13.2 Å². The van der Waals surface area contributed by atoms with Gasteiger partial charge in [-0.2, -0.15) is 0 Å². The van der Waals surface area contributed by atoms with Crippen molar-refractivity contribution < 1.29 is 18.7 Å². The maximum Gasteiger partial charge on any atom is 0.261 e. The predicted octanol–water partition coefficient (Wildman–Crippen LogP) is 4.19. The summed E-state index contributed by atoms with van der Waals surface area (Å²) in [6.07, 6.45) is 1.82. The lowest BCUT2D eigenvalue weighted by atomic mass is 10.1. The first kappa shape index (κ1) is 22.7. The van der Waals surface area contributed by atoms with Gasteiger partial charge in [0.25, 0.3) is 5.91 Å². The van der Waals surface area contributed by atoms with E-state index in [2.05, 4.69) is 5.32 Å². The van der Waals surface area contributed by atoms with Crippen LogP contribution in [0.1, 0.15) is 32.3 Å². The molecule has 0 bridgehead atoms. The molecular formula is C22H26ClFN2O3. The standard InChI is InChI=1S/C22H26ClFN2O3/c1-3-4-13-25-22(28)16(2)26(14-17-9-11-18(23)12-10-17)21(27)15-29-20-8-6-5-7-19(20)24/h5-12,16H,3-4,13-15H2,1-2H3,(H,25,28)/t16-/m1/s1. The summed E-state index contributed by atoms with van der Waals surface area (Å²) < 4.78 is 19.1. The van der Waals surface area contributed by atoms with Crippen molar-refractivity contribution in [2.45, 2.75) is 39.3 Å².